The van der Waals surface area contributed by atoms with Gasteiger partial charge >= 0.3 is 6.03 Å². The largest absolute Gasteiger partial charge is 0.381 e. The van der Waals surface area contributed by atoms with Gasteiger partial charge in [-0.05, 0) is 54.7 Å². The Balaban J connectivity index is 1.16. The second-order valence-corrected chi connectivity index (χ2v) is 9.43. The van der Waals surface area contributed by atoms with E-state index in [0.717, 1.165) is 60.6 Å². The SMILES string of the molecule is O=C(Nc1cccc(C#Cc2cnc3c(NC4CCOCC4)cccn23)c1)N1OCC[C@H]1c1ccccc1. The van der Waals surface area contributed by atoms with Gasteiger partial charge < -0.3 is 15.4 Å². The molecule has 8 nitrogen and oxygen atoms in total. The summed E-state index contributed by atoms with van der Waals surface area (Å²) in [5, 5.41) is 7.99. The van der Waals surface area contributed by atoms with Crippen LogP contribution < -0.4 is 10.6 Å². The Morgan fingerprint density at radius 3 is 2.68 bits per heavy atom. The third-order valence-corrected chi connectivity index (χ3v) is 6.85. The van der Waals surface area contributed by atoms with Crippen LogP contribution in [-0.4, -0.2) is 46.3 Å². The van der Waals surface area contributed by atoms with E-state index in [2.05, 4.69) is 27.5 Å². The van der Waals surface area contributed by atoms with Crippen molar-refractivity contribution in [3.8, 4) is 11.8 Å². The van der Waals surface area contributed by atoms with E-state index in [-0.39, 0.29) is 12.1 Å². The van der Waals surface area contributed by atoms with Gasteiger partial charge in [-0.3, -0.25) is 9.24 Å². The van der Waals surface area contributed by atoms with Gasteiger partial charge in [0, 0.05) is 43.1 Å². The normalized spacial score (nSPS) is 17.7. The zero-order valence-corrected chi connectivity index (χ0v) is 21.0. The predicted molar refractivity (Wildman–Crippen MR) is 146 cm³/mol. The first-order valence-corrected chi connectivity index (χ1v) is 12.9. The van der Waals surface area contributed by atoms with Gasteiger partial charge in [0.25, 0.3) is 0 Å². The van der Waals surface area contributed by atoms with Crippen LogP contribution in [0.5, 0.6) is 0 Å². The van der Waals surface area contributed by atoms with Crippen LogP contribution in [0.15, 0.2) is 79.1 Å². The number of nitrogens with zero attached hydrogens (tertiary/aromatic N) is 3. The molecule has 2 amide bonds. The Hall–Kier alpha value is -4.32. The van der Waals surface area contributed by atoms with E-state index in [1.807, 2.05) is 77.3 Å². The van der Waals surface area contributed by atoms with Crippen LogP contribution in [0.2, 0.25) is 0 Å². The van der Waals surface area contributed by atoms with E-state index in [0.29, 0.717) is 18.3 Å². The molecule has 2 aliphatic rings. The van der Waals surface area contributed by atoms with Crippen molar-refractivity contribution in [2.75, 3.05) is 30.5 Å². The van der Waals surface area contributed by atoms with Crippen LogP contribution in [0.1, 0.15) is 42.1 Å². The molecular formula is C30H29N5O3. The smallest absolute Gasteiger partial charge is 0.346 e. The highest BCUT2D eigenvalue weighted by molar-refractivity contribution is 5.89. The highest BCUT2D eigenvalue weighted by Crippen LogP contribution is 2.30. The quantitative estimate of drug-likeness (QED) is 0.370. The maximum absolute atomic E-state index is 13.0. The molecule has 8 heteroatoms. The number of anilines is 2. The van der Waals surface area contributed by atoms with E-state index in [9.17, 15) is 4.79 Å². The van der Waals surface area contributed by atoms with Crippen LogP contribution >= 0.6 is 0 Å². The minimum absolute atomic E-state index is 0.111. The Labute approximate surface area is 221 Å². The van der Waals surface area contributed by atoms with Gasteiger partial charge in [0.05, 0.1) is 24.5 Å². The lowest BCUT2D eigenvalue weighted by atomic mass is 10.1. The zero-order chi connectivity index (χ0) is 25.7. The summed E-state index contributed by atoms with van der Waals surface area (Å²) in [5.74, 6) is 6.45. The maximum Gasteiger partial charge on any atom is 0.346 e. The van der Waals surface area contributed by atoms with Crippen molar-refractivity contribution in [3.05, 3.63) is 95.9 Å². The molecule has 2 aromatic heterocycles. The molecule has 1 atom stereocenters. The van der Waals surface area contributed by atoms with Crippen LogP contribution in [-0.2, 0) is 9.57 Å². The predicted octanol–water partition coefficient (Wildman–Crippen LogP) is 5.24. The number of nitrogens with one attached hydrogen (secondary N) is 2. The number of pyridine rings is 1. The molecule has 2 saturated heterocycles. The van der Waals surface area contributed by atoms with E-state index in [1.54, 1.807) is 6.20 Å². The first-order chi connectivity index (χ1) is 18.7. The summed E-state index contributed by atoms with van der Waals surface area (Å²) in [5.41, 5.74) is 5.14. The molecule has 4 heterocycles. The molecule has 192 valence electrons. The van der Waals surface area contributed by atoms with E-state index >= 15 is 0 Å². The minimum Gasteiger partial charge on any atom is -0.381 e. The van der Waals surface area contributed by atoms with Crippen molar-refractivity contribution < 1.29 is 14.4 Å². The van der Waals surface area contributed by atoms with Crippen molar-refractivity contribution >= 4 is 23.1 Å². The lowest BCUT2D eigenvalue weighted by Gasteiger charge is -2.24. The lowest BCUT2D eigenvalue weighted by molar-refractivity contribution is -0.0829. The van der Waals surface area contributed by atoms with Gasteiger partial charge in [-0.1, -0.05) is 42.3 Å². The number of aromatic nitrogens is 2. The number of hydrogen-bond donors (Lipinski definition) is 2. The van der Waals surface area contributed by atoms with Gasteiger partial charge in [-0.2, -0.15) is 5.06 Å². The Bertz CT molecular complexity index is 1480. The average Bonchev–Trinajstić information content (AvgIpc) is 3.62. The van der Waals surface area contributed by atoms with Crippen molar-refractivity contribution in [1.82, 2.24) is 14.4 Å². The number of carbonyl (C=O) groups excluding carboxylic acids is 1. The molecule has 0 radical (unpaired) electrons. The number of imidazole rings is 1. The number of carbonyl (C=O) groups is 1. The maximum atomic E-state index is 13.0. The van der Waals surface area contributed by atoms with Crippen LogP contribution in [0.3, 0.4) is 0 Å². The molecule has 6 rings (SSSR count). The van der Waals surface area contributed by atoms with Gasteiger partial charge in [-0.15, -0.1) is 0 Å². The standard InChI is InChI=1S/C30H29N5O3/c36-30(35-28(15-19-38-35)23-7-2-1-3-8-23)33-25-9-4-6-22(20-25)11-12-26-21-31-29-27(10-5-16-34(26)29)32-24-13-17-37-18-14-24/h1-10,16,20-21,24,28,32H,13-15,17-19H2,(H,33,36)/t28-/m0/s1. The van der Waals surface area contributed by atoms with Gasteiger partial charge in [0.1, 0.15) is 5.69 Å². The summed E-state index contributed by atoms with van der Waals surface area (Å²) in [7, 11) is 0. The first-order valence-electron chi connectivity index (χ1n) is 12.9. The summed E-state index contributed by atoms with van der Waals surface area (Å²) in [6.45, 7) is 2.07. The minimum atomic E-state index is -0.298. The molecule has 0 saturated carbocycles. The Kier molecular flexibility index (Phi) is 6.94. The van der Waals surface area contributed by atoms with Crippen molar-refractivity contribution in [2.24, 2.45) is 0 Å². The average molecular weight is 508 g/mol. The first kappa shape index (κ1) is 24.0. The molecule has 38 heavy (non-hydrogen) atoms. The number of ether oxygens (including phenoxy) is 1. The van der Waals surface area contributed by atoms with Gasteiger partial charge in [0.15, 0.2) is 5.65 Å². The third kappa shape index (κ3) is 5.21. The monoisotopic (exact) mass is 507 g/mol. The number of hydroxylamine groups is 2. The van der Waals surface area contributed by atoms with Crippen molar-refractivity contribution in [3.63, 3.8) is 0 Å². The van der Waals surface area contributed by atoms with Crippen LogP contribution in [0, 0.1) is 11.8 Å². The second-order valence-electron chi connectivity index (χ2n) is 9.43. The summed E-state index contributed by atoms with van der Waals surface area (Å²) in [6, 6.07) is 21.5. The number of fused-ring (bicyclic) bond motifs is 1. The molecule has 2 fully saturated rings. The molecule has 0 spiro atoms. The molecular weight excluding hydrogens is 478 g/mol. The lowest BCUT2D eigenvalue weighted by Crippen LogP contribution is -2.33. The number of rotatable bonds is 4. The second kappa shape index (κ2) is 11.0. The fourth-order valence-corrected chi connectivity index (χ4v) is 4.91. The third-order valence-electron chi connectivity index (χ3n) is 6.85. The van der Waals surface area contributed by atoms with Gasteiger partial charge in [-0.25, -0.2) is 9.78 Å². The number of benzene rings is 2. The van der Waals surface area contributed by atoms with Crippen LogP contribution in [0.25, 0.3) is 5.65 Å². The topological polar surface area (TPSA) is 80.1 Å². The van der Waals surface area contributed by atoms with Crippen molar-refractivity contribution in [2.45, 2.75) is 31.3 Å². The molecule has 4 aromatic rings. The molecule has 2 N–H and O–H groups in total. The fourth-order valence-electron chi connectivity index (χ4n) is 4.91. The highest BCUT2D eigenvalue weighted by Gasteiger charge is 2.31. The van der Waals surface area contributed by atoms with E-state index in [1.165, 1.54) is 5.06 Å². The zero-order valence-electron chi connectivity index (χ0n) is 21.0. The molecule has 0 unspecified atom stereocenters. The summed E-state index contributed by atoms with van der Waals surface area (Å²) in [4.78, 5) is 23.3. The summed E-state index contributed by atoms with van der Waals surface area (Å²) in [6.07, 6.45) is 6.49. The van der Waals surface area contributed by atoms with Crippen LogP contribution in [0.4, 0.5) is 16.2 Å². The Morgan fingerprint density at radius 2 is 1.82 bits per heavy atom. The summed E-state index contributed by atoms with van der Waals surface area (Å²) < 4.78 is 7.47. The molecule has 2 aliphatic heterocycles. The number of urea groups is 1. The highest BCUT2D eigenvalue weighted by atomic mass is 16.7. The van der Waals surface area contributed by atoms with Crippen molar-refractivity contribution in [1.29, 1.82) is 0 Å². The van der Waals surface area contributed by atoms with Gasteiger partial charge in [0.2, 0.25) is 0 Å². The number of hydrogen-bond acceptors (Lipinski definition) is 5. The molecule has 2 aromatic carbocycles. The Morgan fingerprint density at radius 1 is 0.947 bits per heavy atom. The molecule has 0 aliphatic carbocycles. The van der Waals surface area contributed by atoms with E-state index < -0.39 is 0 Å². The van der Waals surface area contributed by atoms with E-state index in [4.69, 9.17) is 9.57 Å². The number of amides is 2. The fraction of sp³-hybridized carbons (Fsp3) is 0.267. The summed E-state index contributed by atoms with van der Waals surface area (Å²) >= 11 is 0. The molecule has 0 bridgehead atoms.